The maximum absolute atomic E-state index is 5.97. The Morgan fingerprint density at radius 3 is 2.40 bits per heavy atom. The van der Waals surface area contributed by atoms with Crippen molar-refractivity contribution in [3.63, 3.8) is 0 Å². The maximum Gasteiger partial charge on any atom is 0.226 e. The molecule has 0 saturated heterocycles. The molecule has 1 heterocycles. The summed E-state index contributed by atoms with van der Waals surface area (Å²) in [5.41, 5.74) is 12.1. The fraction of sp³-hybridized carbons (Fsp3) is 0.200. The Kier molecular flexibility index (Phi) is 4.84. The summed E-state index contributed by atoms with van der Waals surface area (Å²) in [5, 5.41) is 3.11. The fourth-order valence-corrected chi connectivity index (χ4v) is 2.61. The average Bonchev–Trinajstić information content (AvgIpc) is 3.01. The lowest BCUT2D eigenvalue weighted by Gasteiger charge is -2.07. The minimum Gasteiger partial charge on any atom is -0.444 e. The summed E-state index contributed by atoms with van der Waals surface area (Å²) in [6.45, 7) is 6.50. The monoisotopic (exact) mass is 334 g/mol. The molecule has 1 aromatic heterocycles. The Labute approximate surface area is 147 Å². The molecule has 0 atom stereocenters. The van der Waals surface area contributed by atoms with E-state index < -0.39 is 0 Å². The van der Waals surface area contributed by atoms with Gasteiger partial charge in [0.25, 0.3) is 0 Å². The Morgan fingerprint density at radius 2 is 1.72 bits per heavy atom. The zero-order valence-electron chi connectivity index (χ0n) is 14.7. The minimum atomic E-state index is 0.352. The van der Waals surface area contributed by atoms with Crippen LogP contribution in [0.15, 0.2) is 58.1 Å². The smallest absolute Gasteiger partial charge is 0.226 e. The average molecular weight is 334 g/mol. The summed E-state index contributed by atoms with van der Waals surface area (Å²) in [6.07, 6.45) is 1.61. The quantitative estimate of drug-likeness (QED) is 0.554. The summed E-state index contributed by atoms with van der Waals surface area (Å²) in [6, 6.07) is 14.2. The molecule has 128 valence electrons. The standard InChI is InChI=1S/C20H22N4O/c1-13-4-6-16(7-5-13)19-23-18(12-25-19)11-22-20(21)24-17-9-14(2)8-15(3)10-17/h4-10,12H,11H2,1-3H3,(H3,21,22,24). The van der Waals surface area contributed by atoms with E-state index >= 15 is 0 Å². The Balaban J connectivity index is 1.66. The molecular weight excluding hydrogens is 312 g/mol. The normalized spacial score (nSPS) is 11.6. The number of rotatable bonds is 4. The van der Waals surface area contributed by atoms with Gasteiger partial charge in [-0.05, 0) is 56.2 Å². The Bertz CT molecular complexity index is 874. The molecule has 0 aliphatic heterocycles. The van der Waals surface area contributed by atoms with Crippen LogP contribution in [0.25, 0.3) is 11.5 Å². The first-order valence-electron chi connectivity index (χ1n) is 8.16. The minimum absolute atomic E-state index is 0.352. The van der Waals surface area contributed by atoms with Gasteiger partial charge in [-0.2, -0.15) is 0 Å². The first-order valence-corrected chi connectivity index (χ1v) is 8.16. The van der Waals surface area contributed by atoms with Crippen molar-refractivity contribution in [3.05, 3.63) is 71.1 Å². The molecule has 0 fully saturated rings. The van der Waals surface area contributed by atoms with E-state index in [4.69, 9.17) is 10.2 Å². The van der Waals surface area contributed by atoms with E-state index in [1.165, 1.54) is 16.7 Å². The van der Waals surface area contributed by atoms with E-state index in [0.29, 0.717) is 18.4 Å². The van der Waals surface area contributed by atoms with Crippen LogP contribution in [0.4, 0.5) is 5.69 Å². The molecule has 5 nitrogen and oxygen atoms in total. The molecule has 0 unspecified atom stereocenters. The lowest BCUT2D eigenvalue weighted by Crippen LogP contribution is -2.22. The number of guanidine groups is 1. The third-order valence-corrected chi connectivity index (χ3v) is 3.76. The molecule has 3 rings (SSSR count). The second kappa shape index (κ2) is 7.21. The molecule has 0 bridgehead atoms. The molecule has 0 saturated carbocycles. The van der Waals surface area contributed by atoms with Gasteiger partial charge in [-0.3, -0.25) is 0 Å². The van der Waals surface area contributed by atoms with Crippen molar-refractivity contribution in [2.24, 2.45) is 10.7 Å². The number of aromatic nitrogens is 1. The molecule has 0 aliphatic carbocycles. The lowest BCUT2D eigenvalue weighted by molar-refractivity contribution is 0.572. The van der Waals surface area contributed by atoms with E-state index in [2.05, 4.69) is 21.4 Å². The summed E-state index contributed by atoms with van der Waals surface area (Å²) < 4.78 is 5.53. The largest absolute Gasteiger partial charge is 0.444 e. The Hall–Kier alpha value is -3.08. The summed E-state index contributed by atoms with van der Waals surface area (Å²) in [5.74, 6) is 0.941. The van der Waals surface area contributed by atoms with Crippen LogP contribution >= 0.6 is 0 Å². The van der Waals surface area contributed by atoms with Crippen LogP contribution in [0.5, 0.6) is 0 Å². The summed E-state index contributed by atoms with van der Waals surface area (Å²) >= 11 is 0. The van der Waals surface area contributed by atoms with Crippen LogP contribution in [0.3, 0.4) is 0 Å². The molecular formula is C20H22N4O. The molecule has 2 aromatic carbocycles. The number of aliphatic imine (C=N–C) groups is 1. The summed E-state index contributed by atoms with van der Waals surface area (Å²) in [7, 11) is 0. The molecule has 0 spiro atoms. The van der Waals surface area contributed by atoms with Crippen molar-refractivity contribution < 1.29 is 4.42 Å². The van der Waals surface area contributed by atoms with Gasteiger partial charge >= 0.3 is 0 Å². The molecule has 5 heteroatoms. The third-order valence-electron chi connectivity index (χ3n) is 3.76. The van der Waals surface area contributed by atoms with E-state index in [1.54, 1.807) is 6.26 Å². The van der Waals surface area contributed by atoms with Gasteiger partial charge in [0.1, 0.15) is 12.0 Å². The van der Waals surface area contributed by atoms with Crippen LogP contribution in [-0.4, -0.2) is 10.9 Å². The highest BCUT2D eigenvalue weighted by Gasteiger charge is 2.06. The number of aryl methyl sites for hydroxylation is 3. The van der Waals surface area contributed by atoms with Crippen LogP contribution in [0.1, 0.15) is 22.4 Å². The van der Waals surface area contributed by atoms with E-state index in [-0.39, 0.29) is 0 Å². The number of oxazole rings is 1. The molecule has 3 N–H and O–H groups in total. The molecule has 0 radical (unpaired) electrons. The van der Waals surface area contributed by atoms with Crippen molar-refractivity contribution in [1.82, 2.24) is 4.98 Å². The van der Waals surface area contributed by atoms with Crippen molar-refractivity contribution in [3.8, 4) is 11.5 Å². The van der Waals surface area contributed by atoms with Crippen LogP contribution < -0.4 is 11.1 Å². The topological polar surface area (TPSA) is 76.4 Å². The van der Waals surface area contributed by atoms with Gasteiger partial charge < -0.3 is 15.5 Å². The highest BCUT2D eigenvalue weighted by Crippen LogP contribution is 2.19. The highest BCUT2D eigenvalue weighted by atomic mass is 16.3. The van der Waals surface area contributed by atoms with Gasteiger partial charge in [-0.25, -0.2) is 9.98 Å². The second-order valence-corrected chi connectivity index (χ2v) is 6.21. The first-order chi connectivity index (χ1) is 12.0. The number of nitrogens with two attached hydrogens (primary N) is 1. The van der Waals surface area contributed by atoms with E-state index in [9.17, 15) is 0 Å². The SMILES string of the molecule is Cc1ccc(-c2nc(CN=C(N)Nc3cc(C)cc(C)c3)co2)cc1. The number of anilines is 1. The van der Waals surface area contributed by atoms with Gasteiger partial charge in [-0.15, -0.1) is 0 Å². The van der Waals surface area contributed by atoms with Crippen LogP contribution in [0, 0.1) is 20.8 Å². The lowest BCUT2D eigenvalue weighted by atomic mass is 10.1. The zero-order chi connectivity index (χ0) is 17.8. The maximum atomic E-state index is 5.97. The number of benzene rings is 2. The Morgan fingerprint density at radius 1 is 1.04 bits per heavy atom. The molecule has 0 amide bonds. The highest BCUT2D eigenvalue weighted by molar-refractivity contribution is 5.92. The van der Waals surface area contributed by atoms with Crippen molar-refractivity contribution >= 4 is 11.6 Å². The predicted molar refractivity (Wildman–Crippen MR) is 102 cm³/mol. The van der Waals surface area contributed by atoms with Crippen molar-refractivity contribution in [2.75, 3.05) is 5.32 Å². The van der Waals surface area contributed by atoms with Crippen molar-refractivity contribution in [2.45, 2.75) is 27.3 Å². The summed E-state index contributed by atoms with van der Waals surface area (Å²) in [4.78, 5) is 8.79. The second-order valence-electron chi connectivity index (χ2n) is 6.21. The number of nitrogens with zero attached hydrogens (tertiary/aromatic N) is 2. The van der Waals surface area contributed by atoms with Gasteiger partial charge in [0.05, 0.1) is 6.54 Å². The molecule has 25 heavy (non-hydrogen) atoms. The number of nitrogens with one attached hydrogen (secondary N) is 1. The van der Waals surface area contributed by atoms with Gasteiger partial charge in [0.2, 0.25) is 5.89 Å². The molecule has 3 aromatic rings. The van der Waals surface area contributed by atoms with Crippen molar-refractivity contribution in [1.29, 1.82) is 0 Å². The van der Waals surface area contributed by atoms with Gasteiger partial charge in [0, 0.05) is 11.3 Å². The zero-order valence-corrected chi connectivity index (χ0v) is 14.7. The van der Waals surface area contributed by atoms with E-state index in [0.717, 1.165) is 16.9 Å². The molecule has 0 aliphatic rings. The predicted octanol–water partition coefficient (Wildman–Crippen LogP) is 4.19. The first kappa shape index (κ1) is 16.8. The fourth-order valence-electron chi connectivity index (χ4n) is 2.61. The number of hydrogen-bond donors (Lipinski definition) is 2. The number of hydrogen-bond acceptors (Lipinski definition) is 3. The van der Waals surface area contributed by atoms with E-state index in [1.807, 2.05) is 57.2 Å². The van der Waals surface area contributed by atoms with Gasteiger partial charge in [0.15, 0.2) is 5.96 Å². The van der Waals surface area contributed by atoms with Crippen LogP contribution in [0.2, 0.25) is 0 Å². The van der Waals surface area contributed by atoms with Crippen LogP contribution in [-0.2, 0) is 6.54 Å². The van der Waals surface area contributed by atoms with Gasteiger partial charge in [-0.1, -0.05) is 23.8 Å². The third kappa shape index (κ3) is 4.47.